The largest absolute Gasteiger partial charge is 0.294 e. The Labute approximate surface area is 121 Å². The average molecular weight is 266 g/mol. The summed E-state index contributed by atoms with van der Waals surface area (Å²) in [7, 11) is 0. The van der Waals surface area contributed by atoms with Crippen LogP contribution in [0, 0.1) is 27.7 Å². The van der Waals surface area contributed by atoms with Gasteiger partial charge in [-0.15, -0.1) is 0 Å². The zero-order valence-electron chi connectivity index (χ0n) is 12.8. The Morgan fingerprint density at radius 2 is 1.50 bits per heavy atom. The van der Waals surface area contributed by atoms with Gasteiger partial charge in [0.2, 0.25) is 0 Å². The summed E-state index contributed by atoms with van der Waals surface area (Å²) in [5.74, 6) is 0.242. The number of rotatable bonds is 4. The van der Waals surface area contributed by atoms with Crippen LogP contribution >= 0.6 is 0 Å². The van der Waals surface area contributed by atoms with Gasteiger partial charge in [-0.1, -0.05) is 41.5 Å². The lowest BCUT2D eigenvalue weighted by Gasteiger charge is -2.08. The third-order valence-electron chi connectivity index (χ3n) is 3.81. The van der Waals surface area contributed by atoms with Crippen LogP contribution in [0.2, 0.25) is 0 Å². The molecule has 2 rings (SSSR count). The molecule has 0 N–H and O–H groups in total. The fourth-order valence-electron chi connectivity index (χ4n) is 2.55. The van der Waals surface area contributed by atoms with Crippen molar-refractivity contribution in [2.75, 3.05) is 0 Å². The van der Waals surface area contributed by atoms with Crippen LogP contribution in [0.4, 0.5) is 0 Å². The number of carbonyl (C=O) groups is 1. The average Bonchev–Trinajstić information content (AvgIpc) is 2.40. The van der Waals surface area contributed by atoms with E-state index in [1.54, 1.807) is 0 Å². The molecular weight excluding hydrogens is 244 g/mol. The maximum atomic E-state index is 12.4. The number of hydrogen-bond acceptors (Lipinski definition) is 1. The Balaban J connectivity index is 2.10. The third-order valence-corrected chi connectivity index (χ3v) is 3.81. The van der Waals surface area contributed by atoms with Crippen molar-refractivity contribution in [3.8, 4) is 0 Å². The van der Waals surface area contributed by atoms with Gasteiger partial charge in [0, 0.05) is 12.0 Å². The van der Waals surface area contributed by atoms with Gasteiger partial charge in [-0.05, 0) is 56.9 Å². The van der Waals surface area contributed by atoms with E-state index < -0.39 is 0 Å². The summed E-state index contributed by atoms with van der Waals surface area (Å²) in [4.78, 5) is 12.4. The van der Waals surface area contributed by atoms with Crippen LogP contribution in [-0.2, 0) is 6.42 Å². The molecule has 104 valence electrons. The molecule has 0 saturated heterocycles. The summed E-state index contributed by atoms with van der Waals surface area (Å²) >= 11 is 0. The lowest BCUT2D eigenvalue weighted by atomic mass is 9.95. The quantitative estimate of drug-likeness (QED) is 0.731. The van der Waals surface area contributed by atoms with Gasteiger partial charge in [-0.3, -0.25) is 4.79 Å². The Morgan fingerprint density at radius 3 is 2.20 bits per heavy atom. The maximum Gasteiger partial charge on any atom is 0.163 e. The topological polar surface area (TPSA) is 17.1 Å². The molecule has 2 aromatic carbocycles. The highest BCUT2D eigenvalue weighted by atomic mass is 16.1. The van der Waals surface area contributed by atoms with Gasteiger partial charge in [-0.25, -0.2) is 0 Å². The predicted octanol–water partition coefficient (Wildman–Crippen LogP) is 4.74. The summed E-state index contributed by atoms with van der Waals surface area (Å²) in [5.41, 5.74) is 6.90. The van der Waals surface area contributed by atoms with Crippen molar-refractivity contribution in [2.24, 2.45) is 0 Å². The fraction of sp³-hybridized carbons (Fsp3) is 0.316. The zero-order chi connectivity index (χ0) is 14.7. The Kier molecular flexibility index (Phi) is 4.39. The third kappa shape index (κ3) is 3.36. The van der Waals surface area contributed by atoms with E-state index in [1.165, 1.54) is 16.7 Å². The van der Waals surface area contributed by atoms with Gasteiger partial charge in [0.15, 0.2) is 5.78 Å². The van der Waals surface area contributed by atoms with Gasteiger partial charge in [-0.2, -0.15) is 0 Å². The molecule has 0 amide bonds. The van der Waals surface area contributed by atoms with Gasteiger partial charge in [0.05, 0.1) is 0 Å². The first-order valence-corrected chi connectivity index (χ1v) is 7.14. The van der Waals surface area contributed by atoms with Crippen molar-refractivity contribution in [1.29, 1.82) is 0 Å². The monoisotopic (exact) mass is 266 g/mol. The zero-order valence-corrected chi connectivity index (χ0v) is 12.8. The summed E-state index contributed by atoms with van der Waals surface area (Å²) in [6.45, 7) is 8.24. The molecule has 0 aliphatic heterocycles. The van der Waals surface area contributed by atoms with E-state index in [0.29, 0.717) is 6.42 Å². The van der Waals surface area contributed by atoms with Crippen molar-refractivity contribution < 1.29 is 4.79 Å². The molecule has 1 nitrogen and oxygen atoms in total. The van der Waals surface area contributed by atoms with E-state index in [2.05, 4.69) is 38.1 Å². The predicted molar refractivity (Wildman–Crippen MR) is 84.5 cm³/mol. The van der Waals surface area contributed by atoms with Crippen LogP contribution in [-0.4, -0.2) is 5.78 Å². The lowest BCUT2D eigenvalue weighted by Crippen LogP contribution is -2.04. The summed E-state index contributed by atoms with van der Waals surface area (Å²) in [6, 6.07) is 12.5. The normalized spacial score (nSPS) is 10.6. The lowest BCUT2D eigenvalue weighted by molar-refractivity contribution is 0.0982. The molecule has 0 aliphatic rings. The van der Waals surface area contributed by atoms with E-state index in [9.17, 15) is 4.79 Å². The first-order valence-electron chi connectivity index (χ1n) is 7.14. The number of Topliss-reactive ketones (excluding diaryl/α,β-unsaturated/α-hetero) is 1. The Morgan fingerprint density at radius 1 is 0.850 bits per heavy atom. The minimum atomic E-state index is 0.242. The van der Waals surface area contributed by atoms with Crippen molar-refractivity contribution in [1.82, 2.24) is 0 Å². The van der Waals surface area contributed by atoms with Gasteiger partial charge in [0.25, 0.3) is 0 Å². The molecule has 2 aromatic rings. The minimum Gasteiger partial charge on any atom is -0.294 e. The fourth-order valence-corrected chi connectivity index (χ4v) is 2.55. The molecule has 0 spiro atoms. The Hall–Kier alpha value is -1.89. The van der Waals surface area contributed by atoms with Gasteiger partial charge < -0.3 is 0 Å². The van der Waals surface area contributed by atoms with Crippen LogP contribution in [0.5, 0.6) is 0 Å². The minimum absolute atomic E-state index is 0.242. The number of ketones is 1. The SMILES string of the molecule is Cc1ccc(CCC(=O)c2cc(C)ccc2C)c(C)c1. The van der Waals surface area contributed by atoms with Crippen molar-refractivity contribution >= 4 is 5.78 Å². The molecular formula is C19H22O. The van der Waals surface area contributed by atoms with Gasteiger partial charge in [0.1, 0.15) is 0 Å². The summed E-state index contributed by atoms with van der Waals surface area (Å²) < 4.78 is 0. The van der Waals surface area contributed by atoms with Crippen molar-refractivity contribution in [2.45, 2.75) is 40.5 Å². The van der Waals surface area contributed by atoms with Crippen LogP contribution in [0.15, 0.2) is 36.4 Å². The van der Waals surface area contributed by atoms with E-state index >= 15 is 0 Å². The van der Waals surface area contributed by atoms with E-state index in [0.717, 1.165) is 23.1 Å². The molecule has 0 bridgehead atoms. The molecule has 0 saturated carbocycles. The molecule has 1 heteroatoms. The molecule has 0 unspecified atom stereocenters. The number of carbonyl (C=O) groups excluding carboxylic acids is 1. The summed E-state index contributed by atoms with van der Waals surface area (Å²) in [6.07, 6.45) is 1.40. The number of aryl methyl sites for hydroxylation is 5. The van der Waals surface area contributed by atoms with Crippen LogP contribution in [0.3, 0.4) is 0 Å². The van der Waals surface area contributed by atoms with Crippen LogP contribution in [0.1, 0.15) is 44.6 Å². The Bertz CT molecular complexity index is 638. The van der Waals surface area contributed by atoms with Crippen molar-refractivity contribution in [3.05, 3.63) is 69.8 Å². The second-order valence-corrected chi connectivity index (χ2v) is 5.67. The second kappa shape index (κ2) is 6.04. The first-order chi connectivity index (χ1) is 9.47. The maximum absolute atomic E-state index is 12.4. The first kappa shape index (κ1) is 14.5. The molecule has 0 radical (unpaired) electrons. The molecule has 0 aromatic heterocycles. The molecule has 0 atom stereocenters. The highest BCUT2D eigenvalue weighted by molar-refractivity contribution is 5.97. The van der Waals surface area contributed by atoms with Crippen molar-refractivity contribution in [3.63, 3.8) is 0 Å². The van der Waals surface area contributed by atoms with E-state index in [4.69, 9.17) is 0 Å². The standard InChI is InChI=1S/C19H22O/c1-13-6-8-17(16(4)11-13)9-10-19(20)18-12-14(2)5-7-15(18)3/h5-8,11-12H,9-10H2,1-4H3. The molecule has 20 heavy (non-hydrogen) atoms. The number of hydrogen-bond donors (Lipinski definition) is 0. The molecule has 0 aliphatic carbocycles. The highest BCUT2D eigenvalue weighted by Gasteiger charge is 2.10. The van der Waals surface area contributed by atoms with Crippen LogP contribution in [0.25, 0.3) is 0 Å². The molecule has 0 heterocycles. The van der Waals surface area contributed by atoms with E-state index in [-0.39, 0.29) is 5.78 Å². The summed E-state index contributed by atoms with van der Waals surface area (Å²) in [5, 5.41) is 0. The van der Waals surface area contributed by atoms with Crippen LogP contribution < -0.4 is 0 Å². The second-order valence-electron chi connectivity index (χ2n) is 5.67. The molecule has 0 fully saturated rings. The smallest absolute Gasteiger partial charge is 0.163 e. The van der Waals surface area contributed by atoms with Gasteiger partial charge >= 0.3 is 0 Å². The number of benzene rings is 2. The van der Waals surface area contributed by atoms with E-state index in [1.807, 2.05) is 26.0 Å². The highest BCUT2D eigenvalue weighted by Crippen LogP contribution is 2.17.